The molecule has 1 aromatic heterocycles. The largest absolute Gasteiger partial charge is 0.309 e. The number of rotatable bonds is 13. The van der Waals surface area contributed by atoms with Gasteiger partial charge < -0.3 is 4.57 Å². The smallest absolute Gasteiger partial charge is 0.0541 e. The van der Waals surface area contributed by atoms with Gasteiger partial charge in [-0.2, -0.15) is 0 Å². The number of nitrogens with zero attached hydrogens (tertiary/aromatic N) is 1. The van der Waals surface area contributed by atoms with Crippen molar-refractivity contribution < 1.29 is 0 Å². The topological polar surface area (TPSA) is 4.93 Å². The average Bonchev–Trinajstić information content (AvgIpc) is 3.29. The predicted octanol–water partition coefficient (Wildman–Crippen LogP) is 11.9. The molecule has 41 heavy (non-hydrogen) atoms. The molecule has 1 unspecified atom stereocenters. The van der Waals surface area contributed by atoms with Gasteiger partial charge in [-0.05, 0) is 78.7 Å². The number of hydrogen-bond donors (Lipinski definition) is 0. The molecule has 0 spiro atoms. The minimum absolute atomic E-state index is 0.446. The predicted molar refractivity (Wildman–Crippen MR) is 184 cm³/mol. The number of fused-ring (bicyclic) bond motifs is 1. The van der Waals surface area contributed by atoms with Gasteiger partial charge in [0.1, 0.15) is 0 Å². The molecule has 1 heterocycles. The second kappa shape index (κ2) is 15.6. The van der Waals surface area contributed by atoms with Crippen LogP contribution < -0.4 is 0 Å². The Labute approximate surface area is 249 Å². The summed E-state index contributed by atoms with van der Waals surface area (Å²) in [6, 6.07) is 19.1. The van der Waals surface area contributed by atoms with Crippen LogP contribution in [0.4, 0.5) is 0 Å². The van der Waals surface area contributed by atoms with E-state index in [0.29, 0.717) is 11.8 Å². The Bertz CT molecular complexity index is 1510. The van der Waals surface area contributed by atoms with Crippen molar-refractivity contribution in [2.24, 2.45) is 11.8 Å². The summed E-state index contributed by atoms with van der Waals surface area (Å²) in [6.07, 6.45) is 24.0. The first-order chi connectivity index (χ1) is 19.9. The van der Waals surface area contributed by atoms with Gasteiger partial charge in [0.2, 0.25) is 0 Å². The number of allylic oxidation sites excluding steroid dienone is 12. The number of aromatic nitrogens is 1. The lowest BCUT2D eigenvalue weighted by Gasteiger charge is -2.20. The molecule has 0 amide bonds. The van der Waals surface area contributed by atoms with E-state index in [1.54, 1.807) is 0 Å². The van der Waals surface area contributed by atoms with Crippen molar-refractivity contribution in [1.29, 1.82) is 0 Å². The summed E-state index contributed by atoms with van der Waals surface area (Å²) in [5, 5.41) is 1.21. The van der Waals surface area contributed by atoms with Gasteiger partial charge in [-0.1, -0.05) is 138 Å². The summed E-state index contributed by atoms with van der Waals surface area (Å²) in [6.45, 7) is 21.5. The molecule has 1 heteroatoms. The Morgan fingerprint density at radius 1 is 0.927 bits per heavy atom. The summed E-state index contributed by atoms with van der Waals surface area (Å²) in [5.41, 5.74) is 9.67. The van der Waals surface area contributed by atoms with Crippen molar-refractivity contribution in [3.05, 3.63) is 150 Å². The second-order valence-electron chi connectivity index (χ2n) is 10.9. The maximum Gasteiger partial charge on any atom is 0.0541 e. The van der Waals surface area contributed by atoms with Crippen LogP contribution in [0.3, 0.4) is 0 Å². The Hall–Kier alpha value is -4.10. The summed E-state index contributed by atoms with van der Waals surface area (Å²) in [5.74, 6) is 0.934. The third-order valence-corrected chi connectivity index (χ3v) is 7.39. The minimum Gasteiger partial charge on any atom is -0.309 e. The lowest BCUT2D eigenvalue weighted by atomic mass is 9.85. The average molecular weight is 542 g/mol. The van der Waals surface area contributed by atoms with E-state index in [1.165, 1.54) is 38.8 Å². The summed E-state index contributed by atoms with van der Waals surface area (Å²) in [7, 11) is 0. The molecule has 212 valence electrons. The highest BCUT2D eigenvalue weighted by molar-refractivity contribution is 5.95. The van der Waals surface area contributed by atoms with Crippen molar-refractivity contribution in [2.75, 3.05) is 0 Å². The Balaban J connectivity index is 2.18. The fourth-order valence-corrected chi connectivity index (χ4v) is 5.43. The van der Waals surface area contributed by atoms with E-state index in [1.807, 2.05) is 12.2 Å². The first kappa shape index (κ1) is 31.4. The van der Waals surface area contributed by atoms with Gasteiger partial charge in [-0.25, -0.2) is 0 Å². The van der Waals surface area contributed by atoms with Crippen LogP contribution in [0, 0.1) is 11.8 Å². The van der Waals surface area contributed by atoms with Gasteiger partial charge in [0.05, 0.1) is 11.2 Å². The first-order valence-electron chi connectivity index (χ1n) is 14.9. The number of para-hydroxylation sites is 2. The third-order valence-electron chi connectivity index (χ3n) is 7.39. The third kappa shape index (κ3) is 7.76. The molecule has 3 aromatic rings. The van der Waals surface area contributed by atoms with E-state index < -0.39 is 0 Å². The molecule has 0 fully saturated rings. The molecule has 2 aromatic carbocycles. The normalized spacial score (nSPS) is 14.5. The maximum atomic E-state index is 4.19. The van der Waals surface area contributed by atoms with Crippen LogP contribution in [-0.2, 0) is 0 Å². The Morgan fingerprint density at radius 2 is 1.63 bits per heavy atom. The van der Waals surface area contributed by atoms with Crippen molar-refractivity contribution in [2.45, 2.75) is 54.4 Å². The number of hydrogen-bond acceptors (Lipinski definition) is 0. The summed E-state index contributed by atoms with van der Waals surface area (Å²) >= 11 is 0. The van der Waals surface area contributed by atoms with E-state index in [9.17, 15) is 0 Å². The minimum atomic E-state index is 0.446. The second-order valence-corrected chi connectivity index (χ2v) is 10.9. The van der Waals surface area contributed by atoms with Crippen LogP contribution in [0.1, 0.15) is 65.6 Å². The van der Waals surface area contributed by atoms with Gasteiger partial charge in [0.25, 0.3) is 0 Å². The van der Waals surface area contributed by atoms with Crippen LogP contribution in [0.5, 0.6) is 0 Å². The molecular formula is C40H47N. The Kier molecular flexibility index (Phi) is 12.0. The number of benzene rings is 2. The van der Waals surface area contributed by atoms with Crippen molar-refractivity contribution >= 4 is 23.1 Å². The van der Waals surface area contributed by atoms with Crippen LogP contribution in [0.15, 0.2) is 139 Å². The fourth-order valence-electron chi connectivity index (χ4n) is 5.43. The standard InChI is InChI=1S/C40H47N/c1-9-20-31(7)34(11-3)36(35(29-28-30(5)6)32(8)21-10-2)24-16-17-25-37-38-26-18-19-27-40(38)41(39(37)12-4)33-22-14-13-15-23-33/h9,11-20,22-30,32H,1,4,10,21H2,2-3,5-8H3/b24-16-,25-17-,29-28-,31-20-,34-11+,36-35-. The highest BCUT2D eigenvalue weighted by Gasteiger charge is 2.16. The van der Waals surface area contributed by atoms with E-state index in [-0.39, 0.29) is 0 Å². The zero-order chi connectivity index (χ0) is 29.8. The van der Waals surface area contributed by atoms with Crippen LogP contribution >= 0.6 is 0 Å². The molecule has 1 atom stereocenters. The first-order valence-corrected chi connectivity index (χ1v) is 14.9. The van der Waals surface area contributed by atoms with Crippen molar-refractivity contribution in [1.82, 2.24) is 4.57 Å². The lowest BCUT2D eigenvalue weighted by molar-refractivity contribution is 0.609. The molecular weight excluding hydrogens is 494 g/mol. The zero-order valence-corrected chi connectivity index (χ0v) is 25.9. The highest BCUT2D eigenvalue weighted by atomic mass is 15.0. The molecule has 0 saturated heterocycles. The molecule has 0 saturated carbocycles. The fraction of sp³-hybridized carbons (Fsp3) is 0.250. The molecule has 1 nitrogen and oxygen atoms in total. The quantitative estimate of drug-likeness (QED) is 0.190. The van der Waals surface area contributed by atoms with E-state index in [4.69, 9.17) is 0 Å². The van der Waals surface area contributed by atoms with Gasteiger partial charge in [0.15, 0.2) is 0 Å². The van der Waals surface area contributed by atoms with Crippen LogP contribution in [-0.4, -0.2) is 4.57 Å². The molecule has 0 bridgehead atoms. The highest BCUT2D eigenvalue weighted by Crippen LogP contribution is 2.33. The van der Waals surface area contributed by atoms with E-state index >= 15 is 0 Å². The van der Waals surface area contributed by atoms with E-state index in [0.717, 1.165) is 24.2 Å². The van der Waals surface area contributed by atoms with Crippen molar-refractivity contribution in [3.63, 3.8) is 0 Å². The summed E-state index contributed by atoms with van der Waals surface area (Å²) < 4.78 is 2.29. The van der Waals surface area contributed by atoms with E-state index in [2.05, 4.69) is 162 Å². The van der Waals surface area contributed by atoms with Gasteiger partial charge in [0, 0.05) is 16.6 Å². The van der Waals surface area contributed by atoms with Crippen LogP contribution in [0.25, 0.3) is 28.7 Å². The van der Waals surface area contributed by atoms with Gasteiger partial charge in [-0.3, -0.25) is 0 Å². The molecule has 0 N–H and O–H groups in total. The van der Waals surface area contributed by atoms with Gasteiger partial charge in [-0.15, -0.1) is 0 Å². The lowest BCUT2D eigenvalue weighted by Crippen LogP contribution is -2.04. The van der Waals surface area contributed by atoms with Crippen LogP contribution in [0.2, 0.25) is 0 Å². The maximum absolute atomic E-state index is 4.19. The monoisotopic (exact) mass is 541 g/mol. The van der Waals surface area contributed by atoms with Crippen molar-refractivity contribution in [3.8, 4) is 5.69 Å². The molecule has 3 rings (SSSR count). The zero-order valence-electron chi connectivity index (χ0n) is 25.9. The van der Waals surface area contributed by atoms with Gasteiger partial charge >= 0.3 is 0 Å². The molecule has 0 aliphatic rings. The molecule has 0 radical (unpaired) electrons. The summed E-state index contributed by atoms with van der Waals surface area (Å²) in [4.78, 5) is 0. The molecule has 0 aliphatic heterocycles. The molecule has 0 aliphatic carbocycles. The Morgan fingerprint density at radius 3 is 2.27 bits per heavy atom. The SMILES string of the molecule is C=C\C=C(C)/C(=C\C)C(/C=C\C=C/c1c(C=C)n(-c2ccccc2)c2ccccc12)=C(/C=C\C(C)C)C(C)CCC.